The lowest BCUT2D eigenvalue weighted by atomic mass is 10.0. The smallest absolute Gasteiger partial charge is 0.119 e. The van der Waals surface area contributed by atoms with Crippen LogP contribution in [0.5, 0.6) is 11.5 Å². The zero-order valence-electron chi connectivity index (χ0n) is 17.7. The Morgan fingerprint density at radius 2 is 0.900 bits per heavy atom. The summed E-state index contributed by atoms with van der Waals surface area (Å²) in [5.41, 5.74) is 8.33. The van der Waals surface area contributed by atoms with Crippen molar-refractivity contribution in [3.05, 3.63) is 82.9 Å². The molecule has 2 aliphatic rings. The Balaban J connectivity index is 1.29. The lowest BCUT2D eigenvalue weighted by Crippen LogP contribution is -2.15. The highest BCUT2D eigenvalue weighted by molar-refractivity contribution is 5.58. The third-order valence-corrected chi connectivity index (χ3v) is 5.99. The van der Waals surface area contributed by atoms with E-state index in [1.165, 1.54) is 33.6 Å². The first-order valence-corrected chi connectivity index (χ1v) is 10.8. The van der Waals surface area contributed by atoms with Crippen molar-refractivity contribution in [2.75, 3.05) is 23.0 Å². The van der Waals surface area contributed by atoms with Gasteiger partial charge in [0, 0.05) is 37.6 Å². The van der Waals surface area contributed by atoms with E-state index in [9.17, 15) is 0 Å². The minimum atomic E-state index is 0.702. The lowest BCUT2D eigenvalue weighted by molar-refractivity contribution is 0.340. The molecule has 2 heterocycles. The first-order valence-electron chi connectivity index (χ1n) is 10.8. The minimum absolute atomic E-state index is 0.702. The fraction of sp³-hybridized carbons (Fsp3) is 0.308. The highest BCUT2D eigenvalue weighted by atomic mass is 16.5. The summed E-state index contributed by atoms with van der Waals surface area (Å²) >= 11 is 0. The molecule has 0 N–H and O–H groups in total. The van der Waals surface area contributed by atoms with Gasteiger partial charge in [-0.3, -0.25) is 0 Å². The highest BCUT2D eigenvalue weighted by Crippen LogP contribution is 2.36. The summed E-state index contributed by atoms with van der Waals surface area (Å²) < 4.78 is 11.1. The fourth-order valence-electron chi connectivity index (χ4n) is 4.52. The summed E-state index contributed by atoms with van der Waals surface area (Å²) in [6.45, 7) is 9.32. The quantitative estimate of drug-likeness (QED) is 0.544. The monoisotopic (exact) mass is 400 g/mol. The zero-order valence-corrected chi connectivity index (χ0v) is 17.7. The van der Waals surface area contributed by atoms with Crippen LogP contribution in [0.2, 0.25) is 0 Å². The van der Waals surface area contributed by atoms with Crippen molar-refractivity contribution in [1.82, 2.24) is 0 Å². The van der Waals surface area contributed by atoms with E-state index in [0.29, 0.717) is 13.2 Å². The molecular formula is C26H28N2O2. The molecule has 0 aromatic heterocycles. The number of rotatable bonds is 6. The molecule has 3 aromatic carbocycles. The maximum absolute atomic E-state index is 5.57. The SMILES string of the molecule is CCOc1ccc(N2Cc3cc4c(cc3C2)CN(c2ccc(OCC)cc2)C4)cc1. The second-order valence-electron chi connectivity index (χ2n) is 7.96. The average molecular weight is 401 g/mol. The zero-order chi connectivity index (χ0) is 20.5. The number of nitrogens with zero attached hydrogens (tertiary/aromatic N) is 2. The van der Waals surface area contributed by atoms with Gasteiger partial charge >= 0.3 is 0 Å². The van der Waals surface area contributed by atoms with Crippen LogP contribution in [0, 0.1) is 0 Å². The Morgan fingerprint density at radius 3 is 1.20 bits per heavy atom. The Bertz CT molecular complexity index is 912. The first kappa shape index (κ1) is 18.9. The number of benzene rings is 3. The molecule has 3 aromatic rings. The van der Waals surface area contributed by atoms with Crippen molar-refractivity contribution in [2.45, 2.75) is 40.0 Å². The van der Waals surface area contributed by atoms with E-state index in [4.69, 9.17) is 9.47 Å². The largest absolute Gasteiger partial charge is 0.494 e. The number of ether oxygens (including phenoxy) is 2. The molecule has 0 radical (unpaired) electrons. The van der Waals surface area contributed by atoms with Crippen LogP contribution >= 0.6 is 0 Å². The second-order valence-corrected chi connectivity index (χ2v) is 7.96. The summed E-state index contributed by atoms with van der Waals surface area (Å²) in [7, 11) is 0. The van der Waals surface area contributed by atoms with Crippen LogP contribution in [0.25, 0.3) is 0 Å². The van der Waals surface area contributed by atoms with Gasteiger partial charge in [0.15, 0.2) is 0 Å². The van der Waals surface area contributed by atoms with Gasteiger partial charge in [-0.1, -0.05) is 12.1 Å². The van der Waals surface area contributed by atoms with Gasteiger partial charge in [0.05, 0.1) is 13.2 Å². The van der Waals surface area contributed by atoms with Crippen LogP contribution in [0.3, 0.4) is 0 Å². The molecule has 0 aliphatic carbocycles. The van der Waals surface area contributed by atoms with E-state index < -0.39 is 0 Å². The maximum atomic E-state index is 5.57. The Morgan fingerprint density at radius 1 is 0.567 bits per heavy atom. The number of hydrogen-bond donors (Lipinski definition) is 0. The molecular weight excluding hydrogens is 372 g/mol. The molecule has 0 bridgehead atoms. The van der Waals surface area contributed by atoms with Crippen molar-refractivity contribution >= 4 is 11.4 Å². The summed E-state index contributed by atoms with van der Waals surface area (Å²) in [5.74, 6) is 1.87. The molecule has 4 heteroatoms. The van der Waals surface area contributed by atoms with Crippen LogP contribution in [-0.2, 0) is 26.2 Å². The standard InChI is InChI=1S/C26H28N2O2/c1-3-29-25-9-5-23(6-10-25)27-15-19-13-21-17-28(18-22(21)14-20(19)16-27)24-7-11-26(12-8-24)30-4-2/h5-14H,3-4,15-18H2,1-2H3. The maximum Gasteiger partial charge on any atom is 0.119 e. The predicted octanol–water partition coefficient (Wildman–Crippen LogP) is 5.52. The molecule has 0 spiro atoms. The molecule has 0 fully saturated rings. The van der Waals surface area contributed by atoms with Gasteiger partial charge in [-0.05, 0) is 84.6 Å². The normalized spacial score (nSPS) is 14.6. The number of hydrogen-bond acceptors (Lipinski definition) is 4. The number of fused-ring (bicyclic) bond motifs is 2. The molecule has 0 saturated heterocycles. The van der Waals surface area contributed by atoms with Crippen molar-refractivity contribution in [1.29, 1.82) is 0 Å². The molecule has 30 heavy (non-hydrogen) atoms. The van der Waals surface area contributed by atoms with Crippen LogP contribution < -0.4 is 19.3 Å². The molecule has 2 aliphatic heterocycles. The molecule has 0 saturated carbocycles. The van der Waals surface area contributed by atoms with Gasteiger partial charge < -0.3 is 19.3 Å². The van der Waals surface area contributed by atoms with E-state index in [2.05, 4.69) is 70.5 Å². The molecule has 5 rings (SSSR count). The summed E-state index contributed by atoms with van der Waals surface area (Å²) in [5, 5.41) is 0. The van der Waals surface area contributed by atoms with Crippen LogP contribution in [0.15, 0.2) is 60.7 Å². The van der Waals surface area contributed by atoms with Gasteiger partial charge in [-0.25, -0.2) is 0 Å². The predicted molar refractivity (Wildman–Crippen MR) is 121 cm³/mol. The van der Waals surface area contributed by atoms with E-state index in [-0.39, 0.29) is 0 Å². The van der Waals surface area contributed by atoms with E-state index in [0.717, 1.165) is 37.7 Å². The fourth-order valence-corrected chi connectivity index (χ4v) is 4.52. The van der Waals surface area contributed by atoms with Gasteiger partial charge in [-0.2, -0.15) is 0 Å². The van der Waals surface area contributed by atoms with Crippen molar-refractivity contribution in [3.63, 3.8) is 0 Å². The van der Waals surface area contributed by atoms with Gasteiger partial charge in [0.25, 0.3) is 0 Å². The van der Waals surface area contributed by atoms with Gasteiger partial charge in [0.2, 0.25) is 0 Å². The Kier molecular flexibility index (Phi) is 4.99. The van der Waals surface area contributed by atoms with Crippen LogP contribution in [-0.4, -0.2) is 13.2 Å². The highest BCUT2D eigenvalue weighted by Gasteiger charge is 2.26. The lowest BCUT2D eigenvalue weighted by Gasteiger charge is -2.19. The van der Waals surface area contributed by atoms with E-state index in [1.807, 2.05) is 13.8 Å². The van der Waals surface area contributed by atoms with Crippen LogP contribution in [0.4, 0.5) is 11.4 Å². The topological polar surface area (TPSA) is 24.9 Å². The summed E-state index contributed by atoms with van der Waals surface area (Å²) in [6, 6.07) is 21.8. The number of anilines is 2. The minimum Gasteiger partial charge on any atom is -0.494 e. The van der Waals surface area contributed by atoms with Gasteiger partial charge in [-0.15, -0.1) is 0 Å². The molecule has 154 valence electrons. The Hall–Kier alpha value is -3.14. The molecule has 0 unspecified atom stereocenters. The average Bonchev–Trinajstić information content (AvgIpc) is 3.36. The summed E-state index contributed by atoms with van der Waals surface area (Å²) in [6.07, 6.45) is 0. The van der Waals surface area contributed by atoms with Crippen molar-refractivity contribution < 1.29 is 9.47 Å². The molecule has 0 amide bonds. The second kappa shape index (κ2) is 7.94. The third-order valence-electron chi connectivity index (χ3n) is 5.99. The van der Waals surface area contributed by atoms with Crippen molar-refractivity contribution in [2.24, 2.45) is 0 Å². The van der Waals surface area contributed by atoms with E-state index >= 15 is 0 Å². The summed E-state index contributed by atoms with van der Waals surface area (Å²) in [4.78, 5) is 4.89. The van der Waals surface area contributed by atoms with Gasteiger partial charge in [0.1, 0.15) is 11.5 Å². The van der Waals surface area contributed by atoms with Crippen molar-refractivity contribution in [3.8, 4) is 11.5 Å². The molecule has 4 nitrogen and oxygen atoms in total. The van der Waals surface area contributed by atoms with E-state index in [1.54, 1.807) is 0 Å². The third kappa shape index (κ3) is 3.58. The first-order chi connectivity index (χ1) is 14.7. The molecule has 0 atom stereocenters. The Labute approximate surface area is 178 Å². The van der Waals surface area contributed by atoms with Crippen LogP contribution in [0.1, 0.15) is 36.1 Å².